The van der Waals surface area contributed by atoms with Crippen LogP contribution in [0.5, 0.6) is 11.5 Å². The van der Waals surface area contributed by atoms with Crippen molar-refractivity contribution in [3.05, 3.63) is 23.8 Å². The quantitative estimate of drug-likeness (QED) is 0.819. The van der Waals surface area contributed by atoms with E-state index in [4.69, 9.17) is 9.47 Å². The van der Waals surface area contributed by atoms with E-state index in [9.17, 15) is 13.5 Å². The number of methoxy groups -OCH3 is 2. The van der Waals surface area contributed by atoms with Gasteiger partial charge in [-0.1, -0.05) is 18.9 Å². The standard InChI is InChI=1S/C16H25NO5S/c1-17(23(19,20)13-6-4-5-7-13)11-14(18)12-8-9-15(21-2)16(10-12)22-3/h8-10,13-14,18H,4-7,11H2,1-3H3. The summed E-state index contributed by atoms with van der Waals surface area (Å²) in [6, 6.07) is 5.07. The zero-order chi connectivity index (χ0) is 17.0. The third-order valence-corrected chi connectivity index (χ3v) is 6.71. The number of aliphatic hydroxyl groups is 1. The van der Waals surface area contributed by atoms with Gasteiger partial charge in [0.05, 0.1) is 25.6 Å². The lowest BCUT2D eigenvalue weighted by Gasteiger charge is -2.24. The van der Waals surface area contributed by atoms with Crippen LogP contribution >= 0.6 is 0 Å². The Labute approximate surface area is 138 Å². The molecule has 2 rings (SSSR count). The number of rotatable bonds is 7. The van der Waals surface area contributed by atoms with Crippen LogP contribution in [-0.4, -0.2) is 50.9 Å². The monoisotopic (exact) mass is 343 g/mol. The maximum absolute atomic E-state index is 12.5. The number of hydrogen-bond donors (Lipinski definition) is 1. The van der Waals surface area contributed by atoms with Gasteiger partial charge in [-0.25, -0.2) is 12.7 Å². The van der Waals surface area contributed by atoms with Crippen LogP contribution in [0.4, 0.5) is 0 Å². The largest absolute Gasteiger partial charge is 0.493 e. The van der Waals surface area contributed by atoms with E-state index in [1.807, 2.05) is 0 Å². The molecule has 0 spiro atoms. The van der Waals surface area contributed by atoms with Crippen molar-refractivity contribution in [1.29, 1.82) is 0 Å². The molecule has 1 fully saturated rings. The number of likely N-dealkylation sites (N-methyl/N-ethyl adjacent to an activating group) is 1. The Bertz CT molecular complexity index is 625. The molecule has 1 unspecified atom stereocenters. The molecule has 0 heterocycles. The molecule has 1 N–H and O–H groups in total. The third-order valence-electron chi connectivity index (χ3n) is 4.38. The molecule has 1 atom stereocenters. The van der Waals surface area contributed by atoms with Gasteiger partial charge in [-0.15, -0.1) is 0 Å². The average Bonchev–Trinajstić information content (AvgIpc) is 3.09. The summed E-state index contributed by atoms with van der Waals surface area (Å²) >= 11 is 0. The minimum absolute atomic E-state index is 0.0221. The molecule has 1 saturated carbocycles. The number of hydrogen-bond acceptors (Lipinski definition) is 5. The third kappa shape index (κ3) is 3.97. The van der Waals surface area contributed by atoms with Crippen molar-refractivity contribution in [3.63, 3.8) is 0 Å². The Hall–Kier alpha value is -1.31. The van der Waals surface area contributed by atoms with Crippen molar-refractivity contribution in [2.24, 2.45) is 0 Å². The Morgan fingerprint density at radius 1 is 1.22 bits per heavy atom. The molecule has 6 nitrogen and oxygen atoms in total. The molecule has 23 heavy (non-hydrogen) atoms. The fourth-order valence-electron chi connectivity index (χ4n) is 2.95. The summed E-state index contributed by atoms with van der Waals surface area (Å²) in [4.78, 5) is 0. The van der Waals surface area contributed by atoms with Crippen LogP contribution < -0.4 is 9.47 Å². The second-order valence-electron chi connectivity index (χ2n) is 5.86. The van der Waals surface area contributed by atoms with Gasteiger partial charge in [-0.05, 0) is 30.5 Å². The van der Waals surface area contributed by atoms with E-state index < -0.39 is 16.1 Å². The lowest BCUT2D eigenvalue weighted by atomic mass is 10.1. The predicted molar refractivity (Wildman–Crippen MR) is 88.3 cm³/mol. The van der Waals surface area contributed by atoms with Crippen LogP contribution in [0.15, 0.2) is 18.2 Å². The number of sulfonamides is 1. The molecule has 1 aromatic carbocycles. The second kappa shape index (κ2) is 7.51. The minimum Gasteiger partial charge on any atom is -0.493 e. The van der Waals surface area contributed by atoms with E-state index in [1.165, 1.54) is 25.6 Å². The molecule has 0 radical (unpaired) electrons. The summed E-state index contributed by atoms with van der Waals surface area (Å²) in [7, 11) is 1.23. The lowest BCUT2D eigenvalue weighted by Crippen LogP contribution is -2.37. The van der Waals surface area contributed by atoms with Crippen LogP contribution in [0.3, 0.4) is 0 Å². The van der Waals surface area contributed by atoms with Crippen molar-refractivity contribution < 1.29 is 23.0 Å². The van der Waals surface area contributed by atoms with Gasteiger partial charge >= 0.3 is 0 Å². The van der Waals surface area contributed by atoms with Crippen LogP contribution in [0.2, 0.25) is 0 Å². The highest BCUT2D eigenvalue weighted by Crippen LogP contribution is 2.31. The van der Waals surface area contributed by atoms with Crippen molar-refractivity contribution in [1.82, 2.24) is 4.31 Å². The molecule has 1 aliphatic rings. The average molecular weight is 343 g/mol. The highest BCUT2D eigenvalue weighted by molar-refractivity contribution is 7.89. The smallest absolute Gasteiger partial charge is 0.216 e. The second-order valence-corrected chi connectivity index (χ2v) is 8.18. The van der Waals surface area contributed by atoms with Gasteiger partial charge < -0.3 is 14.6 Å². The minimum atomic E-state index is -3.35. The molecule has 1 aliphatic carbocycles. The van der Waals surface area contributed by atoms with Gasteiger partial charge in [0.15, 0.2) is 11.5 Å². The predicted octanol–water partition coefficient (Wildman–Crippen LogP) is 1.94. The summed E-state index contributed by atoms with van der Waals surface area (Å²) in [5.74, 6) is 1.07. The highest BCUT2D eigenvalue weighted by Gasteiger charge is 2.33. The fraction of sp³-hybridized carbons (Fsp3) is 0.625. The molecule has 1 aromatic rings. The summed E-state index contributed by atoms with van der Waals surface area (Å²) in [5.41, 5.74) is 0.594. The first-order valence-corrected chi connectivity index (χ1v) is 9.25. The first-order chi connectivity index (χ1) is 10.9. The molecule has 130 valence electrons. The summed E-state index contributed by atoms with van der Waals surface area (Å²) in [5, 5.41) is 10.1. The Morgan fingerprint density at radius 2 is 1.83 bits per heavy atom. The van der Waals surface area contributed by atoms with Gasteiger partial charge in [-0.2, -0.15) is 0 Å². The van der Waals surface area contributed by atoms with Crippen LogP contribution in [0.1, 0.15) is 37.4 Å². The van der Waals surface area contributed by atoms with Crippen molar-refractivity contribution in [2.45, 2.75) is 37.0 Å². The molecule has 0 saturated heterocycles. The van der Waals surface area contributed by atoms with E-state index in [0.717, 1.165) is 12.8 Å². The van der Waals surface area contributed by atoms with Gasteiger partial charge in [0, 0.05) is 13.6 Å². The number of aliphatic hydroxyl groups excluding tert-OH is 1. The lowest BCUT2D eigenvalue weighted by molar-refractivity contribution is 0.154. The van der Waals surface area contributed by atoms with Gasteiger partial charge in [0.1, 0.15) is 0 Å². The molecule has 0 amide bonds. The van der Waals surface area contributed by atoms with E-state index in [-0.39, 0.29) is 11.8 Å². The van der Waals surface area contributed by atoms with Crippen molar-refractivity contribution in [2.75, 3.05) is 27.8 Å². The first-order valence-electron chi connectivity index (χ1n) is 7.75. The Kier molecular flexibility index (Phi) is 5.89. The summed E-state index contributed by atoms with van der Waals surface area (Å²) < 4.78 is 36.6. The van der Waals surface area contributed by atoms with Gasteiger partial charge in [0.25, 0.3) is 0 Å². The van der Waals surface area contributed by atoms with Crippen molar-refractivity contribution >= 4 is 10.0 Å². The van der Waals surface area contributed by atoms with Crippen LogP contribution in [0, 0.1) is 0 Å². The molecule has 0 aromatic heterocycles. The molecule has 7 heteroatoms. The number of ether oxygens (including phenoxy) is 2. The van der Waals surface area contributed by atoms with E-state index >= 15 is 0 Å². The zero-order valence-corrected chi connectivity index (χ0v) is 14.7. The first kappa shape index (κ1) is 18.0. The molecular formula is C16H25NO5S. The molecule has 0 bridgehead atoms. The maximum Gasteiger partial charge on any atom is 0.216 e. The fourth-order valence-corrected chi connectivity index (χ4v) is 4.74. The topological polar surface area (TPSA) is 76.1 Å². The van der Waals surface area contributed by atoms with E-state index in [1.54, 1.807) is 18.2 Å². The van der Waals surface area contributed by atoms with Crippen LogP contribution in [0.25, 0.3) is 0 Å². The normalized spacial score (nSPS) is 17.4. The Morgan fingerprint density at radius 3 is 2.39 bits per heavy atom. The van der Waals surface area contributed by atoms with Gasteiger partial charge in [0.2, 0.25) is 10.0 Å². The summed E-state index contributed by atoms with van der Waals surface area (Å²) in [6.07, 6.45) is 2.40. The van der Waals surface area contributed by atoms with E-state index in [2.05, 4.69) is 0 Å². The van der Waals surface area contributed by atoms with E-state index in [0.29, 0.717) is 29.9 Å². The number of nitrogens with zero attached hydrogens (tertiary/aromatic N) is 1. The highest BCUT2D eigenvalue weighted by atomic mass is 32.2. The van der Waals surface area contributed by atoms with Crippen molar-refractivity contribution in [3.8, 4) is 11.5 Å². The molecular weight excluding hydrogens is 318 g/mol. The summed E-state index contributed by atoms with van der Waals surface area (Å²) in [6.45, 7) is 0.0221. The zero-order valence-electron chi connectivity index (χ0n) is 13.9. The molecule has 0 aliphatic heterocycles. The Balaban J connectivity index is 2.10. The van der Waals surface area contributed by atoms with Gasteiger partial charge in [-0.3, -0.25) is 0 Å². The maximum atomic E-state index is 12.5. The SMILES string of the molecule is COc1ccc(C(O)CN(C)S(=O)(=O)C2CCCC2)cc1OC. The number of benzene rings is 1. The van der Waals surface area contributed by atoms with Crippen LogP contribution in [-0.2, 0) is 10.0 Å².